The summed E-state index contributed by atoms with van der Waals surface area (Å²) in [5.41, 5.74) is 3.72. The number of piperazine rings is 1. The number of benzene rings is 2. The Balaban J connectivity index is 1.62. The third kappa shape index (κ3) is 4.01. The molecule has 8 heteroatoms. The van der Waals surface area contributed by atoms with Crippen LogP contribution in [0.5, 0.6) is 11.5 Å². The van der Waals surface area contributed by atoms with E-state index in [1.807, 2.05) is 36.4 Å². The number of fused-ring (bicyclic) bond motifs is 4. The zero-order valence-corrected chi connectivity index (χ0v) is 20.1. The average Bonchev–Trinajstić information content (AvgIpc) is 3.26. The van der Waals surface area contributed by atoms with Gasteiger partial charge >= 0.3 is 0 Å². The summed E-state index contributed by atoms with van der Waals surface area (Å²) in [5.74, 6) is 1.17. The van der Waals surface area contributed by atoms with Crippen molar-refractivity contribution in [2.24, 2.45) is 0 Å². The van der Waals surface area contributed by atoms with Crippen LogP contribution in [0.1, 0.15) is 42.1 Å². The molecule has 2 unspecified atom stereocenters. The number of ether oxygens (including phenoxy) is 2. The summed E-state index contributed by atoms with van der Waals surface area (Å²) in [4.78, 5) is 34.3. The van der Waals surface area contributed by atoms with Crippen LogP contribution in [0.25, 0.3) is 10.9 Å². The highest BCUT2D eigenvalue weighted by Gasteiger charge is 2.48. The molecule has 3 aromatic rings. The smallest absolute Gasteiger partial charge is 0.246 e. The molecule has 2 aromatic carbocycles. The van der Waals surface area contributed by atoms with Crippen LogP contribution in [-0.4, -0.2) is 71.7 Å². The molecule has 2 aliphatic rings. The molecule has 8 nitrogen and oxygen atoms in total. The van der Waals surface area contributed by atoms with Gasteiger partial charge in [0.1, 0.15) is 23.6 Å². The molecule has 35 heavy (non-hydrogen) atoms. The van der Waals surface area contributed by atoms with Crippen molar-refractivity contribution in [1.29, 1.82) is 0 Å². The summed E-state index contributed by atoms with van der Waals surface area (Å²) in [6.07, 6.45) is 2.73. The molecule has 2 amide bonds. The lowest BCUT2D eigenvalue weighted by Gasteiger charge is -2.47. The molecular weight excluding hydrogens is 446 g/mol. The molecule has 0 spiro atoms. The van der Waals surface area contributed by atoms with Crippen molar-refractivity contribution >= 4 is 22.7 Å². The molecule has 2 N–H and O–H groups in total. The van der Waals surface area contributed by atoms with E-state index in [2.05, 4.69) is 11.1 Å². The number of aliphatic hydroxyl groups excluding tert-OH is 1. The van der Waals surface area contributed by atoms with Gasteiger partial charge in [-0.2, -0.15) is 0 Å². The number of H-pyrrole nitrogens is 1. The summed E-state index contributed by atoms with van der Waals surface area (Å²) in [6.45, 7) is 0.701. The fraction of sp³-hybridized carbons (Fsp3) is 0.407. The molecule has 0 bridgehead atoms. The second-order valence-corrected chi connectivity index (χ2v) is 9.14. The molecule has 2 aliphatic heterocycles. The van der Waals surface area contributed by atoms with Crippen LogP contribution in [0.4, 0.5) is 0 Å². The second-order valence-electron chi connectivity index (χ2n) is 9.14. The van der Waals surface area contributed by atoms with Crippen molar-refractivity contribution in [3.8, 4) is 11.5 Å². The van der Waals surface area contributed by atoms with Gasteiger partial charge in [-0.05, 0) is 49.1 Å². The lowest BCUT2D eigenvalue weighted by Crippen LogP contribution is -2.63. The summed E-state index contributed by atoms with van der Waals surface area (Å²) in [6, 6.07) is 12.5. The first kappa shape index (κ1) is 23.2. The van der Waals surface area contributed by atoms with Crippen LogP contribution >= 0.6 is 0 Å². The van der Waals surface area contributed by atoms with Crippen molar-refractivity contribution in [2.45, 2.75) is 37.8 Å². The highest BCUT2D eigenvalue weighted by Crippen LogP contribution is 2.45. The molecule has 3 heterocycles. The number of methoxy groups -OCH3 is 2. The quantitative estimate of drug-likeness (QED) is 0.487. The maximum atomic E-state index is 13.7. The van der Waals surface area contributed by atoms with Gasteiger partial charge in [-0.3, -0.25) is 9.59 Å². The predicted octanol–water partition coefficient (Wildman–Crippen LogP) is 3.03. The van der Waals surface area contributed by atoms with Crippen molar-refractivity contribution in [1.82, 2.24) is 14.8 Å². The van der Waals surface area contributed by atoms with E-state index in [0.29, 0.717) is 30.9 Å². The highest BCUT2D eigenvalue weighted by atomic mass is 16.5. The Bertz CT molecular complexity index is 1250. The Morgan fingerprint density at radius 1 is 1.06 bits per heavy atom. The number of rotatable bonds is 8. The average molecular weight is 478 g/mol. The van der Waals surface area contributed by atoms with Crippen LogP contribution < -0.4 is 9.47 Å². The number of aromatic nitrogens is 1. The fourth-order valence-electron chi connectivity index (χ4n) is 5.48. The van der Waals surface area contributed by atoms with Gasteiger partial charge in [0.2, 0.25) is 11.8 Å². The maximum Gasteiger partial charge on any atom is 0.246 e. The summed E-state index contributed by atoms with van der Waals surface area (Å²) in [5, 5.41) is 10.1. The SMILES string of the molecule is COc1ccc(OC)c(C2c3[nH]c4ccccc4c3CC3C(=O)N(CCCCCO)CC(=O)N32)c1. The normalized spacial score (nSPS) is 19.6. The molecule has 0 aliphatic carbocycles. The molecule has 1 aromatic heterocycles. The second kappa shape index (κ2) is 9.62. The number of carbonyl (C=O) groups excluding carboxylic acids is 2. The Morgan fingerprint density at radius 2 is 1.89 bits per heavy atom. The number of aliphatic hydroxyl groups is 1. The molecule has 5 rings (SSSR count). The monoisotopic (exact) mass is 477 g/mol. The minimum Gasteiger partial charge on any atom is -0.497 e. The first-order valence-electron chi connectivity index (χ1n) is 12.1. The van der Waals surface area contributed by atoms with Gasteiger partial charge < -0.3 is 29.4 Å². The Labute approximate surface area is 204 Å². The number of hydrogen-bond donors (Lipinski definition) is 2. The molecular formula is C27H31N3O5. The van der Waals surface area contributed by atoms with Crippen molar-refractivity contribution in [3.63, 3.8) is 0 Å². The molecule has 0 saturated carbocycles. The van der Waals surface area contributed by atoms with E-state index in [1.165, 1.54) is 0 Å². The third-order valence-corrected chi connectivity index (χ3v) is 7.16. The van der Waals surface area contributed by atoms with Crippen LogP contribution in [0.15, 0.2) is 42.5 Å². The van der Waals surface area contributed by atoms with Crippen LogP contribution in [0.3, 0.4) is 0 Å². The largest absolute Gasteiger partial charge is 0.497 e. The molecule has 1 saturated heterocycles. The highest BCUT2D eigenvalue weighted by molar-refractivity contribution is 5.97. The number of para-hydroxylation sites is 1. The zero-order valence-electron chi connectivity index (χ0n) is 20.1. The Morgan fingerprint density at radius 3 is 2.66 bits per heavy atom. The first-order valence-corrected chi connectivity index (χ1v) is 12.1. The zero-order chi connectivity index (χ0) is 24.5. The molecule has 184 valence electrons. The Hall–Kier alpha value is -3.52. The summed E-state index contributed by atoms with van der Waals surface area (Å²) >= 11 is 0. The van der Waals surface area contributed by atoms with E-state index in [4.69, 9.17) is 14.6 Å². The number of nitrogens with one attached hydrogen (secondary N) is 1. The minimum absolute atomic E-state index is 0.0311. The molecule has 0 radical (unpaired) electrons. The number of amides is 2. The minimum atomic E-state index is -0.596. The van der Waals surface area contributed by atoms with Gasteiger partial charge in [0.05, 0.1) is 20.8 Å². The van der Waals surface area contributed by atoms with Gasteiger partial charge in [0.15, 0.2) is 0 Å². The van der Waals surface area contributed by atoms with E-state index < -0.39 is 12.1 Å². The number of nitrogens with zero attached hydrogens (tertiary/aromatic N) is 2. The van der Waals surface area contributed by atoms with Gasteiger partial charge in [-0.1, -0.05) is 18.2 Å². The van der Waals surface area contributed by atoms with Crippen LogP contribution in [0, 0.1) is 0 Å². The van der Waals surface area contributed by atoms with Gasteiger partial charge in [0, 0.05) is 41.7 Å². The lowest BCUT2D eigenvalue weighted by atomic mass is 9.85. The van der Waals surface area contributed by atoms with Gasteiger partial charge in [-0.25, -0.2) is 0 Å². The number of carbonyl (C=O) groups is 2. The molecule has 1 fully saturated rings. The predicted molar refractivity (Wildman–Crippen MR) is 132 cm³/mol. The van der Waals surface area contributed by atoms with Gasteiger partial charge in [0.25, 0.3) is 0 Å². The van der Waals surface area contributed by atoms with E-state index in [1.54, 1.807) is 24.0 Å². The standard InChI is InChI=1S/C27H31N3O5/c1-34-17-10-11-23(35-2)20(14-17)26-25-19(18-8-4-5-9-21(18)28-25)15-22-27(33)29(12-6-3-7-13-31)16-24(32)30(22)26/h4-5,8-11,14,22,26,28,31H,3,6-7,12-13,15-16H2,1-2H3. The first-order chi connectivity index (χ1) is 17.1. The third-order valence-electron chi connectivity index (χ3n) is 7.16. The Kier molecular flexibility index (Phi) is 6.38. The van der Waals surface area contributed by atoms with Crippen LogP contribution in [-0.2, 0) is 16.0 Å². The van der Waals surface area contributed by atoms with Gasteiger partial charge in [-0.15, -0.1) is 0 Å². The summed E-state index contributed by atoms with van der Waals surface area (Å²) in [7, 11) is 3.21. The maximum absolute atomic E-state index is 13.7. The van der Waals surface area contributed by atoms with E-state index in [-0.39, 0.29) is 25.0 Å². The summed E-state index contributed by atoms with van der Waals surface area (Å²) < 4.78 is 11.2. The van der Waals surface area contributed by atoms with E-state index in [0.717, 1.165) is 40.6 Å². The topological polar surface area (TPSA) is 95.1 Å². The van der Waals surface area contributed by atoms with E-state index >= 15 is 0 Å². The number of aromatic amines is 1. The number of hydrogen-bond acceptors (Lipinski definition) is 5. The van der Waals surface area contributed by atoms with Crippen molar-refractivity contribution in [2.75, 3.05) is 33.9 Å². The van der Waals surface area contributed by atoms with Crippen molar-refractivity contribution < 1.29 is 24.2 Å². The molecule has 2 atom stereocenters. The lowest BCUT2D eigenvalue weighted by molar-refractivity contribution is -0.158. The van der Waals surface area contributed by atoms with E-state index in [9.17, 15) is 9.59 Å². The van der Waals surface area contributed by atoms with Crippen LogP contribution in [0.2, 0.25) is 0 Å². The van der Waals surface area contributed by atoms with Crippen molar-refractivity contribution in [3.05, 3.63) is 59.3 Å². The number of unbranched alkanes of at least 4 members (excludes halogenated alkanes) is 2. The fourth-order valence-corrected chi connectivity index (χ4v) is 5.48.